The lowest BCUT2D eigenvalue weighted by molar-refractivity contribution is -0.130. The van der Waals surface area contributed by atoms with Gasteiger partial charge in [0.05, 0.1) is 0 Å². The zero-order chi connectivity index (χ0) is 15.4. The molecule has 0 aliphatic carbocycles. The van der Waals surface area contributed by atoms with E-state index in [1.165, 1.54) is 0 Å². The van der Waals surface area contributed by atoms with Crippen LogP contribution in [-0.2, 0) is 9.59 Å². The van der Waals surface area contributed by atoms with Crippen LogP contribution in [0.25, 0.3) is 0 Å². The lowest BCUT2D eigenvalue weighted by atomic mass is 10.2. The van der Waals surface area contributed by atoms with Crippen molar-refractivity contribution in [3.05, 3.63) is 27.8 Å². The SMILES string of the molecule is C#CC[C@@H]1NC(=O)N(CC(=O)Nc2ccc(I)cc2)C1=O. The van der Waals surface area contributed by atoms with Crippen molar-refractivity contribution >= 4 is 46.1 Å². The number of anilines is 1. The van der Waals surface area contributed by atoms with Crippen LogP contribution in [0, 0.1) is 15.9 Å². The summed E-state index contributed by atoms with van der Waals surface area (Å²) < 4.78 is 1.04. The number of imide groups is 1. The highest BCUT2D eigenvalue weighted by atomic mass is 127. The molecule has 21 heavy (non-hydrogen) atoms. The van der Waals surface area contributed by atoms with Gasteiger partial charge in [0.1, 0.15) is 12.6 Å². The van der Waals surface area contributed by atoms with Crippen molar-refractivity contribution in [3.8, 4) is 12.3 Å². The Kier molecular flexibility index (Phi) is 4.80. The lowest BCUT2D eigenvalue weighted by Crippen LogP contribution is -2.38. The Hall–Kier alpha value is -2.08. The van der Waals surface area contributed by atoms with E-state index in [-0.39, 0.29) is 13.0 Å². The second-order valence-corrected chi connectivity index (χ2v) is 5.64. The molecule has 1 aromatic rings. The average Bonchev–Trinajstić information content (AvgIpc) is 2.70. The zero-order valence-electron chi connectivity index (χ0n) is 10.9. The quantitative estimate of drug-likeness (QED) is 0.455. The third-order valence-corrected chi connectivity index (χ3v) is 3.58. The van der Waals surface area contributed by atoms with E-state index in [2.05, 4.69) is 39.1 Å². The van der Waals surface area contributed by atoms with Gasteiger partial charge in [-0.25, -0.2) is 4.79 Å². The smallest absolute Gasteiger partial charge is 0.325 e. The number of halogens is 1. The first-order valence-corrected chi connectivity index (χ1v) is 7.20. The number of terminal acetylenes is 1. The fourth-order valence-corrected chi connectivity index (χ4v) is 2.22. The maximum Gasteiger partial charge on any atom is 0.325 e. The number of hydrogen-bond acceptors (Lipinski definition) is 3. The van der Waals surface area contributed by atoms with Crippen molar-refractivity contribution in [2.75, 3.05) is 11.9 Å². The predicted octanol–water partition coefficient (Wildman–Crippen LogP) is 1.17. The molecule has 1 heterocycles. The van der Waals surface area contributed by atoms with E-state index in [4.69, 9.17) is 6.42 Å². The van der Waals surface area contributed by atoms with Crippen LogP contribution in [0.1, 0.15) is 6.42 Å². The summed E-state index contributed by atoms with van der Waals surface area (Å²) in [6, 6.07) is 5.82. The lowest BCUT2D eigenvalue weighted by Gasteiger charge is -2.12. The number of hydrogen-bond donors (Lipinski definition) is 2. The monoisotopic (exact) mass is 397 g/mol. The summed E-state index contributed by atoms with van der Waals surface area (Å²) in [5.74, 6) is 1.40. The molecule has 2 N–H and O–H groups in total. The molecule has 1 aliphatic heterocycles. The third-order valence-electron chi connectivity index (χ3n) is 2.86. The average molecular weight is 397 g/mol. The van der Waals surface area contributed by atoms with Crippen molar-refractivity contribution in [3.63, 3.8) is 0 Å². The van der Waals surface area contributed by atoms with E-state index in [0.29, 0.717) is 5.69 Å². The summed E-state index contributed by atoms with van der Waals surface area (Å²) >= 11 is 2.15. The van der Waals surface area contributed by atoms with Gasteiger partial charge in [0.2, 0.25) is 5.91 Å². The second kappa shape index (κ2) is 6.58. The van der Waals surface area contributed by atoms with Crippen LogP contribution in [0.15, 0.2) is 24.3 Å². The third kappa shape index (κ3) is 3.72. The topological polar surface area (TPSA) is 78.5 Å². The Bertz CT molecular complexity index is 621. The van der Waals surface area contributed by atoms with Crippen LogP contribution in [-0.4, -0.2) is 35.3 Å². The summed E-state index contributed by atoms with van der Waals surface area (Å²) in [6.07, 6.45) is 5.24. The first kappa shape index (κ1) is 15.3. The molecule has 4 amide bonds. The Morgan fingerprint density at radius 2 is 2.05 bits per heavy atom. The fraction of sp³-hybridized carbons (Fsp3) is 0.214. The number of benzene rings is 1. The van der Waals surface area contributed by atoms with Crippen LogP contribution < -0.4 is 10.6 Å². The number of urea groups is 1. The largest absolute Gasteiger partial charge is 0.325 e. The highest BCUT2D eigenvalue weighted by molar-refractivity contribution is 14.1. The number of amides is 4. The van der Waals surface area contributed by atoms with Crippen LogP contribution in [0.4, 0.5) is 10.5 Å². The van der Waals surface area contributed by atoms with E-state index in [0.717, 1.165) is 8.47 Å². The van der Waals surface area contributed by atoms with Crippen molar-refractivity contribution in [2.24, 2.45) is 0 Å². The van der Waals surface area contributed by atoms with Crippen LogP contribution in [0.5, 0.6) is 0 Å². The summed E-state index contributed by atoms with van der Waals surface area (Å²) in [7, 11) is 0. The van der Waals surface area contributed by atoms with Crippen LogP contribution in [0.3, 0.4) is 0 Å². The van der Waals surface area contributed by atoms with Crippen molar-refractivity contribution in [1.29, 1.82) is 0 Å². The van der Waals surface area contributed by atoms with Crippen molar-refractivity contribution in [2.45, 2.75) is 12.5 Å². The molecule has 1 atom stereocenters. The normalized spacial score (nSPS) is 17.3. The Morgan fingerprint density at radius 1 is 1.38 bits per heavy atom. The maximum absolute atomic E-state index is 11.9. The molecule has 1 aliphatic rings. The van der Waals surface area contributed by atoms with Crippen LogP contribution in [0.2, 0.25) is 0 Å². The van der Waals surface area contributed by atoms with E-state index in [1.54, 1.807) is 12.1 Å². The van der Waals surface area contributed by atoms with E-state index in [1.807, 2.05) is 12.1 Å². The van der Waals surface area contributed by atoms with Crippen molar-refractivity contribution in [1.82, 2.24) is 10.2 Å². The number of rotatable bonds is 4. The highest BCUT2D eigenvalue weighted by Gasteiger charge is 2.38. The molecule has 0 unspecified atom stereocenters. The molecule has 1 saturated heterocycles. The van der Waals surface area contributed by atoms with Gasteiger partial charge in [-0.05, 0) is 46.9 Å². The zero-order valence-corrected chi connectivity index (χ0v) is 13.1. The molecule has 2 rings (SSSR count). The maximum atomic E-state index is 11.9. The second-order valence-electron chi connectivity index (χ2n) is 4.39. The Labute approximate surface area is 135 Å². The Morgan fingerprint density at radius 3 is 2.67 bits per heavy atom. The molecule has 1 fully saturated rings. The minimum Gasteiger partial charge on any atom is -0.325 e. The van der Waals surface area contributed by atoms with Gasteiger partial charge in [-0.1, -0.05) is 0 Å². The molecule has 0 aromatic heterocycles. The molecular formula is C14H12IN3O3. The minimum atomic E-state index is -0.742. The molecule has 6 nitrogen and oxygen atoms in total. The molecule has 0 radical (unpaired) electrons. The minimum absolute atomic E-state index is 0.111. The van der Waals surface area contributed by atoms with E-state index < -0.39 is 23.9 Å². The van der Waals surface area contributed by atoms with Gasteiger partial charge >= 0.3 is 6.03 Å². The van der Waals surface area contributed by atoms with Gasteiger partial charge in [0, 0.05) is 15.7 Å². The van der Waals surface area contributed by atoms with Crippen LogP contribution >= 0.6 is 22.6 Å². The summed E-state index contributed by atoms with van der Waals surface area (Å²) in [5.41, 5.74) is 0.604. The van der Waals surface area contributed by atoms with E-state index in [9.17, 15) is 14.4 Å². The van der Waals surface area contributed by atoms with Crippen molar-refractivity contribution < 1.29 is 14.4 Å². The number of nitrogens with zero attached hydrogens (tertiary/aromatic N) is 1. The molecular weight excluding hydrogens is 385 g/mol. The fourth-order valence-electron chi connectivity index (χ4n) is 1.86. The first-order valence-electron chi connectivity index (χ1n) is 6.12. The number of carbonyl (C=O) groups excluding carboxylic acids is 3. The molecule has 0 spiro atoms. The molecule has 0 bridgehead atoms. The molecule has 1 aromatic carbocycles. The number of carbonyl (C=O) groups is 3. The Balaban J connectivity index is 1.96. The molecule has 7 heteroatoms. The molecule has 0 saturated carbocycles. The van der Waals surface area contributed by atoms with Gasteiger partial charge in [-0.2, -0.15) is 0 Å². The predicted molar refractivity (Wildman–Crippen MR) is 85.3 cm³/mol. The summed E-state index contributed by atoms with van der Waals surface area (Å²) in [6.45, 7) is -0.336. The summed E-state index contributed by atoms with van der Waals surface area (Å²) in [4.78, 5) is 36.3. The first-order chi connectivity index (χ1) is 10.0. The van der Waals surface area contributed by atoms with Gasteiger partial charge in [0.25, 0.3) is 5.91 Å². The van der Waals surface area contributed by atoms with Gasteiger partial charge in [-0.3, -0.25) is 14.5 Å². The van der Waals surface area contributed by atoms with Gasteiger partial charge in [0.15, 0.2) is 0 Å². The summed E-state index contributed by atoms with van der Waals surface area (Å²) in [5, 5.41) is 5.07. The van der Waals surface area contributed by atoms with Gasteiger partial charge in [-0.15, -0.1) is 12.3 Å². The number of nitrogens with one attached hydrogen (secondary N) is 2. The molecule has 108 valence electrons. The van der Waals surface area contributed by atoms with Gasteiger partial charge < -0.3 is 10.6 Å². The standard InChI is InChI=1S/C14H12IN3O3/c1-2-3-11-13(20)18(14(21)17-11)8-12(19)16-10-6-4-9(15)5-7-10/h1,4-7,11H,3,8H2,(H,16,19)(H,17,21)/t11-/m0/s1. The van der Waals surface area contributed by atoms with E-state index >= 15 is 0 Å². The highest BCUT2D eigenvalue weighted by Crippen LogP contribution is 2.12.